The Morgan fingerprint density at radius 3 is 2.87 bits per heavy atom. The Bertz CT molecular complexity index is 1060. The summed E-state index contributed by atoms with van der Waals surface area (Å²) in [5.74, 6) is 1.28. The number of aromatic nitrogens is 4. The van der Waals surface area contributed by atoms with E-state index in [1.54, 1.807) is 6.20 Å². The lowest BCUT2D eigenvalue weighted by Gasteiger charge is -2.38. The van der Waals surface area contributed by atoms with Gasteiger partial charge in [0.2, 0.25) is 5.95 Å². The molecule has 0 radical (unpaired) electrons. The van der Waals surface area contributed by atoms with Crippen LogP contribution in [0.3, 0.4) is 0 Å². The number of anilines is 3. The predicted molar refractivity (Wildman–Crippen MR) is 115 cm³/mol. The van der Waals surface area contributed by atoms with Gasteiger partial charge in [0.25, 0.3) is 0 Å². The first kappa shape index (κ1) is 19.2. The third-order valence-corrected chi connectivity index (χ3v) is 6.92. The van der Waals surface area contributed by atoms with Crippen molar-refractivity contribution in [3.05, 3.63) is 29.4 Å². The van der Waals surface area contributed by atoms with E-state index in [4.69, 9.17) is 10.2 Å². The first-order chi connectivity index (χ1) is 14.7. The van der Waals surface area contributed by atoms with Crippen LogP contribution in [-0.2, 0) is 6.61 Å². The minimum Gasteiger partial charge on any atom is -0.391 e. The van der Waals surface area contributed by atoms with Crippen molar-refractivity contribution in [3.63, 3.8) is 0 Å². The fourth-order valence-electron chi connectivity index (χ4n) is 4.75. The number of hydrogen-bond acceptors (Lipinski definition) is 9. The lowest BCUT2D eigenvalue weighted by atomic mass is 9.97. The monoisotopic (exact) mass is 424 g/mol. The minimum absolute atomic E-state index is 0.0220. The fraction of sp³-hybridized carbons (Fsp3) is 0.500. The number of nitriles is 1. The average molecular weight is 425 g/mol. The molecule has 0 saturated carbocycles. The van der Waals surface area contributed by atoms with Gasteiger partial charge in [-0.1, -0.05) is 11.3 Å². The van der Waals surface area contributed by atoms with Crippen molar-refractivity contribution < 1.29 is 5.11 Å². The lowest BCUT2D eigenvalue weighted by Crippen LogP contribution is -2.47. The maximum absolute atomic E-state index is 9.28. The van der Waals surface area contributed by atoms with Gasteiger partial charge >= 0.3 is 0 Å². The Balaban J connectivity index is 1.33. The van der Waals surface area contributed by atoms with E-state index < -0.39 is 0 Å². The third-order valence-electron chi connectivity index (χ3n) is 6.03. The van der Waals surface area contributed by atoms with Gasteiger partial charge in [0.15, 0.2) is 10.9 Å². The zero-order valence-corrected chi connectivity index (χ0v) is 17.3. The molecule has 0 aliphatic carbocycles. The number of thiazole rings is 1. The molecule has 3 aromatic rings. The highest BCUT2D eigenvalue weighted by Crippen LogP contribution is 2.36. The zero-order chi connectivity index (χ0) is 20.5. The number of rotatable bonds is 7. The Morgan fingerprint density at radius 1 is 1.30 bits per heavy atom. The second kappa shape index (κ2) is 8.18. The number of aliphatic hydroxyl groups is 1. The maximum atomic E-state index is 9.28. The largest absolute Gasteiger partial charge is 0.391 e. The molecule has 10 heteroatoms. The van der Waals surface area contributed by atoms with Crippen LogP contribution in [0.4, 0.5) is 16.9 Å². The number of hydrogen-bond donors (Lipinski definition) is 3. The highest BCUT2D eigenvalue weighted by atomic mass is 32.1. The minimum atomic E-state index is -0.0220. The highest BCUT2D eigenvalue weighted by molar-refractivity contribution is 7.15. The quantitative estimate of drug-likeness (QED) is 0.530. The second-order valence-electron chi connectivity index (χ2n) is 7.88. The smallest absolute Gasteiger partial charge is 0.243 e. The molecule has 2 saturated heterocycles. The van der Waals surface area contributed by atoms with Crippen LogP contribution in [0.15, 0.2) is 24.5 Å². The summed E-state index contributed by atoms with van der Waals surface area (Å²) in [7, 11) is 0. The van der Waals surface area contributed by atoms with Crippen molar-refractivity contribution in [3.8, 4) is 6.07 Å². The topological polar surface area (TPSA) is 114 Å². The molecule has 2 aliphatic heterocycles. The molecule has 2 fully saturated rings. The molecule has 0 spiro atoms. The van der Waals surface area contributed by atoms with E-state index in [9.17, 15) is 5.11 Å². The van der Waals surface area contributed by atoms with Crippen LogP contribution < -0.4 is 10.6 Å². The van der Waals surface area contributed by atoms with Crippen molar-refractivity contribution in [2.45, 2.75) is 56.8 Å². The molecule has 9 nitrogen and oxygen atoms in total. The molecule has 3 atom stereocenters. The van der Waals surface area contributed by atoms with Gasteiger partial charge in [0.1, 0.15) is 5.52 Å². The molecule has 1 unspecified atom stereocenters. The van der Waals surface area contributed by atoms with Crippen LogP contribution in [-0.4, -0.2) is 54.3 Å². The summed E-state index contributed by atoms with van der Waals surface area (Å²) in [6.45, 7) is 0.855. The molecule has 30 heavy (non-hydrogen) atoms. The van der Waals surface area contributed by atoms with Crippen molar-refractivity contribution in [2.24, 2.45) is 0 Å². The van der Waals surface area contributed by atoms with Gasteiger partial charge in [-0.25, -0.2) is 9.50 Å². The summed E-state index contributed by atoms with van der Waals surface area (Å²) in [5.41, 5.74) is 0.868. The Hall–Kier alpha value is -2.74. The second-order valence-corrected chi connectivity index (χ2v) is 9.00. The predicted octanol–water partition coefficient (Wildman–Crippen LogP) is 2.74. The normalized spacial score (nSPS) is 23.5. The van der Waals surface area contributed by atoms with Gasteiger partial charge in [-0.2, -0.15) is 10.2 Å². The number of fused-ring (bicyclic) bond motifs is 3. The van der Waals surface area contributed by atoms with E-state index in [0.29, 0.717) is 41.4 Å². The zero-order valence-electron chi connectivity index (χ0n) is 16.5. The number of nitrogens with zero attached hydrogens (tertiary/aromatic N) is 6. The highest BCUT2D eigenvalue weighted by Gasteiger charge is 2.40. The molecule has 0 aromatic carbocycles. The average Bonchev–Trinajstić information content (AvgIpc) is 3.45. The van der Waals surface area contributed by atoms with Crippen molar-refractivity contribution in [2.75, 3.05) is 17.2 Å². The molecular formula is C20H24N8OS. The first-order valence-electron chi connectivity index (χ1n) is 10.3. The van der Waals surface area contributed by atoms with Crippen molar-refractivity contribution in [1.82, 2.24) is 24.5 Å². The van der Waals surface area contributed by atoms with E-state index in [1.807, 2.05) is 22.8 Å². The SMILES string of the molecule is N#CCCN1[C@@H]2CC[C@H]1CC(Nc1nc(Nc3ncc(CO)s3)c3cccn3n1)C2. The van der Waals surface area contributed by atoms with Gasteiger partial charge < -0.3 is 15.7 Å². The van der Waals surface area contributed by atoms with E-state index in [1.165, 1.54) is 24.2 Å². The summed E-state index contributed by atoms with van der Waals surface area (Å²) >= 11 is 1.41. The van der Waals surface area contributed by atoms with E-state index in [2.05, 4.69) is 31.7 Å². The van der Waals surface area contributed by atoms with Crippen molar-refractivity contribution in [1.29, 1.82) is 5.26 Å². The fourth-order valence-corrected chi connectivity index (χ4v) is 5.42. The Labute approximate surface area is 178 Å². The molecule has 3 aromatic heterocycles. The number of nitrogens with one attached hydrogen (secondary N) is 2. The Kier molecular flexibility index (Phi) is 5.25. The molecular weight excluding hydrogens is 400 g/mol. The number of aliphatic hydroxyl groups excluding tert-OH is 1. The summed E-state index contributed by atoms with van der Waals surface area (Å²) in [6, 6.07) is 7.57. The first-order valence-corrected chi connectivity index (χ1v) is 11.1. The summed E-state index contributed by atoms with van der Waals surface area (Å²) < 4.78 is 1.81. The summed E-state index contributed by atoms with van der Waals surface area (Å²) in [4.78, 5) is 12.4. The number of piperidine rings is 1. The molecule has 0 amide bonds. The third kappa shape index (κ3) is 3.71. The van der Waals surface area contributed by atoms with Gasteiger partial charge in [0, 0.05) is 43.5 Å². The van der Waals surface area contributed by atoms with Gasteiger partial charge in [-0.3, -0.25) is 4.90 Å². The molecule has 2 bridgehead atoms. The van der Waals surface area contributed by atoms with E-state index in [-0.39, 0.29) is 6.61 Å². The maximum Gasteiger partial charge on any atom is 0.243 e. The van der Waals surface area contributed by atoms with Crippen LogP contribution in [0.5, 0.6) is 0 Å². The summed E-state index contributed by atoms with van der Waals surface area (Å²) in [6.07, 6.45) is 8.67. The van der Waals surface area contributed by atoms with Crippen LogP contribution in [0, 0.1) is 11.3 Å². The van der Waals surface area contributed by atoms with E-state index in [0.717, 1.165) is 29.8 Å². The van der Waals surface area contributed by atoms with Gasteiger partial charge in [-0.15, -0.1) is 5.10 Å². The van der Waals surface area contributed by atoms with Crippen molar-refractivity contribution >= 4 is 33.8 Å². The lowest BCUT2D eigenvalue weighted by molar-refractivity contribution is 0.135. The molecule has 5 rings (SSSR count). The van der Waals surface area contributed by atoms with Crippen LogP contribution in [0.25, 0.3) is 5.52 Å². The van der Waals surface area contributed by atoms with Crippen LogP contribution in [0.1, 0.15) is 37.0 Å². The van der Waals surface area contributed by atoms with Crippen LogP contribution in [0.2, 0.25) is 0 Å². The summed E-state index contributed by atoms with van der Waals surface area (Å²) in [5, 5.41) is 30.3. The Morgan fingerprint density at radius 2 is 2.13 bits per heavy atom. The van der Waals surface area contributed by atoms with Gasteiger partial charge in [0.05, 0.1) is 17.6 Å². The molecule has 2 aliphatic rings. The molecule has 3 N–H and O–H groups in total. The van der Waals surface area contributed by atoms with E-state index >= 15 is 0 Å². The molecule has 156 valence electrons. The van der Waals surface area contributed by atoms with Crippen LogP contribution >= 0.6 is 11.3 Å². The standard InChI is InChI=1S/C20H24N8OS/c21-6-2-7-27-14-4-5-15(27)10-13(9-14)23-19-24-18(17-3-1-8-28(17)26-19)25-20-22-11-16(12-29)30-20/h1,3,8,11,13-15,29H,2,4-5,7,9-10,12H2,(H2,22,23,24,25,26)/t13?,14-,15+. The van der Waals surface area contributed by atoms with Gasteiger partial charge in [-0.05, 0) is 37.8 Å². The molecule has 5 heterocycles.